The van der Waals surface area contributed by atoms with Crippen LogP contribution in [0.1, 0.15) is 13.8 Å². The molecule has 1 aliphatic heterocycles. The maximum atomic E-state index is 12.7. The number of rotatable bonds is 4. The van der Waals surface area contributed by atoms with E-state index >= 15 is 0 Å². The molecule has 28 heavy (non-hydrogen) atoms. The number of fused-ring (bicyclic) bond motifs is 2. The van der Waals surface area contributed by atoms with Crippen molar-refractivity contribution in [1.82, 2.24) is 4.98 Å². The van der Waals surface area contributed by atoms with Crippen LogP contribution in [-0.4, -0.2) is 28.9 Å². The molecule has 7 nitrogen and oxygen atoms in total. The van der Waals surface area contributed by atoms with Crippen molar-refractivity contribution < 1.29 is 14.3 Å². The number of hydrogen-bond donors (Lipinski definition) is 3. The van der Waals surface area contributed by atoms with Crippen molar-refractivity contribution in [2.45, 2.75) is 26.0 Å². The molecule has 0 aliphatic carbocycles. The van der Waals surface area contributed by atoms with Crippen molar-refractivity contribution in [3.63, 3.8) is 0 Å². The predicted molar refractivity (Wildman–Crippen MR) is 109 cm³/mol. The quantitative estimate of drug-likeness (QED) is 0.649. The zero-order chi connectivity index (χ0) is 19.7. The van der Waals surface area contributed by atoms with Gasteiger partial charge in [0.1, 0.15) is 11.8 Å². The van der Waals surface area contributed by atoms with Gasteiger partial charge in [0.25, 0.3) is 5.91 Å². The van der Waals surface area contributed by atoms with Gasteiger partial charge in [0, 0.05) is 17.3 Å². The smallest absolute Gasteiger partial charge is 0.265 e. The molecule has 3 N–H and O–H groups in total. The molecule has 142 valence electrons. The van der Waals surface area contributed by atoms with E-state index in [0.717, 1.165) is 10.9 Å². The van der Waals surface area contributed by atoms with Crippen LogP contribution < -0.4 is 20.7 Å². The van der Waals surface area contributed by atoms with Gasteiger partial charge < -0.3 is 20.7 Å². The molecule has 1 aromatic heterocycles. The Hall–Kier alpha value is -3.61. The Morgan fingerprint density at radius 2 is 2.07 bits per heavy atom. The molecule has 1 aliphatic rings. The number of carbonyl (C=O) groups is 2. The van der Waals surface area contributed by atoms with Crippen molar-refractivity contribution in [2.24, 2.45) is 0 Å². The topological polar surface area (TPSA) is 92.3 Å². The second-order valence-corrected chi connectivity index (χ2v) is 6.69. The van der Waals surface area contributed by atoms with Crippen LogP contribution in [0.25, 0.3) is 10.9 Å². The molecule has 2 atom stereocenters. The first-order valence-corrected chi connectivity index (χ1v) is 9.04. The van der Waals surface area contributed by atoms with Crippen LogP contribution in [0.15, 0.2) is 54.7 Å². The maximum Gasteiger partial charge on any atom is 0.265 e. The monoisotopic (exact) mass is 376 g/mol. The van der Waals surface area contributed by atoms with Gasteiger partial charge in [0.15, 0.2) is 6.10 Å². The van der Waals surface area contributed by atoms with Gasteiger partial charge in [-0.1, -0.05) is 6.07 Å². The van der Waals surface area contributed by atoms with Crippen LogP contribution in [0, 0.1) is 0 Å². The molecule has 2 aromatic carbocycles. The summed E-state index contributed by atoms with van der Waals surface area (Å²) in [4.78, 5) is 28.7. The van der Waals surface area contributed by atoms with E-state index in [2.05, 4.69) is 20.9 Å². The number of benzene rings is 2. The van der Waals surface area contributed by atoms with Gasteiger partial charge in [-0.05, 0) is 56.3 Å². The second kappa shape index (κ2) is 7.19. The highest BCUT2D eigenvalue weighted by Crippen LogP contribution is 2.32. The molecule has 0 unspecified atom stereocenters. The SMILES string of the molecule is C[C@@H]1Oc2ccc(N[C@H](C)C(=O)Nc3cccc4ncccc34)cc2NC1=O. The van der Waals surface area contributed by atoms with E-state index in [9.17, 15) is 9.59 Å². The molecule has 0 fully saturated rings. The summed E-state index contributed by atoms with van der Waals surface area (Å²) in [6.45, 7) is 3.47. The molecule has 0 saturated heterocycles. The van der Waals surface area contributed by atoms with Gasteiger partial charge >= 0.3 is 0 Å². The summed E-state index contributed by atoms with van der Waals surface area (Å²) in [7, 11) is 0. The van der Waals surface area contributed by atoms with E-state index in [1.165, 1.54) is 0 Å². The molecule has 0 saturated carbocycles. The summed E-state index contributed by atoms with van der Waals surface area (Å²) in [6.07, 6.45) is 1.20. The lowest BCUT2D eigenvalue weighted by molar-refractivity contribution is -0.122. The van der Waals surface area contributed by atoms with Gasteiger partial charge in [-0.2, -0.15) is 0 Å². The average Bonchev–Trinajstić information content (AvgIpc) is 2.69. The van der Waals surface area contributed by atoms with Crippen LogP contribution >= 0.6 is 0 Å². The van der Waals surface area contributed by atoms with Crippen LogP contribution in [0.4, 0.5) is 17.1 Å². The van der Waals surface area contributed by atoms with Crippen LogP contribution in [0.3, 0.4) is 0 Å². The van der Waals surface area contributed by atoms with Gasteiger partial charge in [-0.25, -0.2) is 0 Å². The number of pyridine rings is 1. The molecule has 2 heterocycles. The number of carbonyl (C=O) groups excluding carboxylic acids is 2. The largest absolute Gasteiger partial charge is 0.479 e. The molecular weight excluding hydrogens is 356 g/mol. The molecule has 3 aromatic rings. The Morgan fingerprint density at radius 3 is 2.93 bits per heavy atom. The molecule has 0 spiro atoms. The average molecular weight is 376 g/mol. The van der Waals surface area contributed by atoms with Crippen molar-refractivity contribution in [3.05, 3.63) is 54.7 Å². The second-order valence-electron chi connectivity index (χ2n) is 6.69. The zero-order valence-electron chi connectivity index (χ0n) is 15.5. The minimum atomic E-state index is -0.522. The van der Waals surface area contributed by atoms with Crippen molar-refractivity contribution >= 4 is 39.8 Å². The number of aromatic nitrogens is 1. The van der Waals surface area contributed by atoms with Crippen molar-refractivity contribution in [2.75, 3.05) is 16.0 Å². The summed E-state index contributed by atoms with van der Waals surface area (Å²) in [6, 6.07) is 14.2. The summed E-state index contributed by atoms with van der Waals surface area (Å²) < 4.78 is 5.55. The maximum absolute atomic E-state index is 12.7. The number of nitrogens with zero attached hydrogens (tertiary/aromatic N) is 1. The minimum absolute atomic E-state index is 0.178. The third kappa shape index (κ3) is 3.46. The molecule has 7 heteroatoms. The van der Waals surface area contributed by atoms with Crippen LogP contribution in [0.2, 0.25) is 0 Å². The summed E-state index contributed by atoms with van der Waals surface area (Å²) in [5, 5.41) is 9.78. The van der Waals surface area contributed by atoms with Gasteiger partial charge in [0.2, 0.25) is 5.91 Å². The Balaban J connectivity index is 1.48. The number of amides is 2. The van der Waals surface area contributed by atoms with Crippen LogP contribution in [0.5, 0.6) is 5.75 Å². The van der Waals surface area contributed by atoms with Gasteiger partial charge in [-0.15, -0.1) is 0 Å². The third-order valence-electron chi connectivity index (χ3n) is 4.59. The zero-order valence-corrected chi connectivity index (χ0v) is 15.5. The Morgan fingerprint density at radius 1 is 1.21 bits per heavy atom. The van der Waals surface area contributed by atoms with E-state index in [4.69, 9.17) is 4.74 Å². The number of nitrogens with one attached hydrogen (secondary N) is 3. The van der Waals surface area contributed by atoms with E-state index < -0.39 is 12.1 Å². The number of ether oxygens (including phenoxy) is 1. The lowest BCUT2D eigenvalue weighted by atomic mass is 10.1. The fraction of sp³-hybridized carbons (Fsp3) is 0.190. The first-order valence-electron chi connectivity index (χ1n) is 9.04. The summed E-state index contributed by atoms with van der Waals surface area (Å²) in [5.74, 6) is 0.237. The summed E-state index contributed by atoms with van der Waals surface area (Å²) >= 11 is 0. The molecule has 0 radical (unpaired) electrons. The minimum Gasteiger partial charge on any atom is -0.479 e. The Bertz CT molecular complexity index is 1060. The van der Waals surface area contributed by atoms with Crippen molar-refractivity contribution in [3.8, 4) is 5.75 Å². The lowest BCUT2D eigenvalue weighted by Crippen LogP contribution is -2.34. The lowest BCUT2D eigenvalue weighted by Gasteiger charge is -2.24. The van der Waals surface area contributed by atoms with E-state index in [1.54, 1.807) is 32.2 Å². The highest BCUT2D eigenvalue weighted by atomic mass is 16.5. The Kier molecular flexibility index (Phi) is 4.57. The standard InChI is InChI=1S/C21H20N4O3/c1-12(20(26)24-17-7-3-6-16-15(17)5-4-10-22-16)23-14-8-9-19-18(11-14)25-21(27)13(2)28-19/h3-13,23H,1-2H3,(H,24,26)(H,25,27)/t12-,13+/m1/s1. The highest BCUT2D eigenvalue weighted by Gasteiger charge is 2.24. The normalized spacial score (nSPS) is 16.5. The highest BCUT2D eigenvalue weighted by molar-refractivity contribution is 6.03. The van der Waals surface area contributed by atoms with Crippen LogP contribution in [-0.2, 0) is 9.59 Å². The molecule has 2 amide bonds. The predicted octanol–water partition coefficient (Wildman–Crippen LogP) is 3.39. The number of anilines is 3. The molecular formula is C21H20N4O3. The fourth-order valence-electron chi connectivity index (χ4n) is 3.07. The first kappa shape index (κ1) is 17.8. The fourth-order valence-corrected chi connectivity index (χ4v) is 3.07. The number of hydrogen-bond acceptors (Lipinski definition) is 5. The summed E-state index contributed by atoms with van der Waals surface area (Å²) in [5.41, 5.74) is 2.82. The van der Waals surface area contributed by atoms with Gasteiger partial charge in [0.05, 0.1) is 16.9 Å². The molecule has 0 bridgehead atoms. The van der Waals surface area contributed by atoms with E-state index in [0.29, 0.717) is 22.8 Å². The third-order valence-corrected chi connectivity index (χ3v) is 4.59. The Labute approximate surface area is 162 Å². The first-order chi connectivity index (χ1) is 13.5. The molecule has 4 rings (SSSR count). The van der Waals surface area contributed by atoms with Gasteiger partial charge in [-0.3, -0.25) is 14.6 Å². The van der Waals surface area contributed by atoms with Crippen molar-refractivity contribution in [1.29, 1.82) is 0 Å². The van der Waals surface area contributed by atoms with E-state index in [-0.39, 0.29) is 11.8 Å². The van der Waals surface area contributed by atoms with E-state index in [1.807, 2.05) is 36.4 Å².